The Labute approximate surface area is 208 Å². The Morgan fingerprint density at radius 3 is 2.19 bits per heavy atom. The van der Waals surface area contributed by atoms with E-state index in [1.54, 1.807) is 11.8 Å². The predicted octanol–water partition coefficient (Wildman–Crippen LogP) is -1.89. The fraction of sp³-hybridized carbons (Fsp3) is 0.579. The van der Waals surface area contributed by atoms with Crippen molar-refractivity contribution in [1.82, 2.24) is 19.5 Å². The van der Waals surface area contributed by atoms with Crippen LogP contribution in [0.2, 0.25) is 0 Å². The van der Waals surface area contributed by atoms with Crippen molar-refractivity contribution in [2.45, 2.75) is 49.8 Å². The van der Waals surface area contributed by atoms with E-state index in [2.05, 4.69) is 15.0 Å². The van der Waals surface area contributed by atoms with Crippen LogP contribution in [0.25, 0.3) is 11.2 Å². The maximum Gasteiger partial charge on any atom is 0.320 e. The summed E-state index contributed by atoms with van der Waals surface area (Å²) in [7, 11) is 0. The molecule has 2 aromatic rings. The number of hydrogen-bond acceptors (Lipinski definition) is 13. The number of nitrogens with zero attached hydrogens (tertiary/aromatic N) is 4. The number of carbonyl (C=O) groups is 3. The number of fused-ring (bicyclic) bond motifs is 1. The summed E-state index contributed by atoms with van der Waals surface area (Å²) >= 11 is 1.60. The van der Waals surface area contributed by atoms with E-state index in [9.17, 15) is 24.6 Å². The van der Waals surface area contributed by atoms with Crippen molar-refractivity contribution in [3.63, 3.8) is 0 Å². The Bertz CT molecular complexity index is 994. The highest BCUT2D eigenvalue weighted by Gasteiger charge is 2.43. The van der Waals surface area contributed by atoms with Gasteiger partial charge in [0.05, 0.1) is 25.8 Å². The molecule has 0 spiro atoms. The lowest BCUT2D eigenvalue weighted by atomic mass is 10.1. The van der Waals surface area contributed by atoms with Crippen LogP contribution < -0.4 is 11.5 Å². The normalized spacial score (nSPS) is 21.6. The van der Waals surface area contributed by atoms with Crippen molar-refractivity contribution in [3.8, 4) is 0 Å². The van der Waals surface area contributed by atoms with E-state index in [0.717, 1.165) is 5.75 Å². The quantitative estimate of drug-likeness (QED) is 0.174. The van der Waals surface area contributed by atoms with Crippen molar-refractivity contribution in [1.29, 1.82) is 0 Å². The number of nitrogens with two attached hydrogens (primary N) is 2. The Hall–Kier alpha value is -3.09. The zero-order valence-corrected chi connectivity index (χ0v) is 20.1. The lowest BCUT2D eigenvalue weighted by Gasteiger charge is -2.16. The molecule has 17 heteroatoms. The molecule has 2 aromatic heterocycles. The van der Waals surface area contributed by atoms with Crippen LogP contribution in [0, 0.1) is 0 Å². The van der Waals surface area contributed by atoms with Gasteiger partial charge in [0, 0.05) is 0 Å². The number of hydrogen-bond donors (Lipinski definition) is 8. The average molecular weight is 535 g/mol. The van der Waals surface area contributed by atoms with Crippen LogP contribution in [-0.2, 0) is 19.1 Å². The Kier molecular flexibility index (Phi) is 13.0. The summed E-state index contributed by atoms with van der Waals surface area (Å²) < 4.78 is 6.85. The molecule has 5 atom stereocenters. The van der Waals surface area contributed by atoms with E-state index < -0.39 is 55.1 Å². The van der Waals surface area contributed by atoms with Gasteiger partial charge < -0.3 is 46.8 Å². The molecule has 3 heterocycles. The summed E-state index contributed by atoms with van der Waals surface area (Å²) in [5.74, 6) is -2.03. The molecule has 0 radical (unpaired) electrons. The predicted molar refractivity (Wildman–Crippen MR) is 126 cm³/mol. The number of carboxylic acid groups (broad SMARTS) is 3. The number of imidazole rings is 1. The minimum atomic E-state index is -1.19. The summed E-state index contributed by atoms with van der Waals surface area (Å²) in [6.45, 7) is -0.390. The molecule has 0 aromatic carbocycles. The first-order valence-corrected chi connectivity index (χ1v) is 11.8. The molecular formula is C19H30N6O10S. The summed E-state index contributed by atoms with van der Waals surface area (Å²) in [6, 6.07) is -0.683. The van der Waals surface area contributed by atoms with Gasteiger partial charge in [-0.1, -0.05) is 0 Å². The second-order valence-electron chi connectivity index (χ2n) is 7.33. The first kappa shape index (κ1) is 30.9. The van der Waals surface area contributed by atoms with Gasteiger partial charge in [-0.3, -0.25) is 19.0 Å². The maximum atomic E-state index is 10.1. The van der Waals surface area contributed by atoms with Gasteiger partial charge in [-0.15, -0.1) is 0 Å². The second-order valence-corrected chi connectivity index (χ2v) is 8.31. The van der Waals surface area contributed by atoms with Crippen molar-refractivity contribution in [2.75, 3.05) is 24.3 Å². The molecule has 3 rings (SSSR count). The molecule has 1 aliphatic rings. The molecule has 0 unspecified atom stereocenters. The second kappa shape index (κ2) is 15.1. The van der Waals surface area contributed by atoms with Gasteiger partial charge in [-0.2, -0.15) is 11.8 Å². The first-order valence-electron chi connectivity index (χ1n) is 10.4. The molecule has 0 amide bonds. The van der Waals surface area contributed by atoms with E-state index in [-0.39, 0.29) is 18.7 Å². The lowest BCUT2D eigenvalue weighted by Crippen LogP contribution is -2.33. The van der Waals surface area contributed by atoms with Crippen molar-refractivity contribution >= 4 is 46.7 Å². The molecule has 0 aliphatic carbocycles. The number of carboxylic acids is 3. The average Bonchev–Trinajstić information content (AvgIpc) is 3.38. The summed E-state index contributed by atoms with van der Waals surface area (Å²) in [5.41, 5.74) is 11.6. The number of nitrogen functional groups attached to an aromatic ring is 1. The van der Waals surface area contributed by atoms with Crippen molar-refractivity contribution in [3.05, 3.63) is 12.7 Å². The Morgan fingerprint density at radius 1 is 1.11 bits per heavy atom. The number of aliphatic hydroxyl groups is 3. The van der Waals surface area contributed by atoms with E-state index in [1.165, 1.54) is 17.2 Å². The third-order valence-corrected chi connectivity index (χ3v) is 5.33. The third-order valence-electron chi connectivity index (χ3n) is 4.68. The molecule has 1 aliphatic heterocycles. The number of aliphatic hydroxyl groups excluding tert-OH is 3. The van der Waals surface area contributed by atoms with Crippen LogP contribution in [-0.4, -0.2) is 111 Å². The minimum absolute atomic E-state index is 0.218. The maximum absolute atomic E-state index is 10.1. The number of anilines is 1. The van der Waals surface area contributed by atoms with E-state index >= 15 is 0 Å². The van der Waals surface area contributed by atoms with Crippen LogP contribution in [0.4, 0.5) is 5.82 Å². The molecule has 10 N–H and O–H groups in total. The monoisotopic (exact) mass is 534 g/mol. The molecule has 1 saturated heterocycles. The van der Waals surface area contributed by atoms with Gasteiger partial charge in [0.1, 0.15) is 36.2 Å². The van der Waals surface area contributed by atoms with Gasteiger partial charge in [0.2, 0.25) is 0 Å². The van der Waals surface area contributed by atoms with Crippen LogP contribution >= 0.6 is 11.8 Å². The Morgan fingerprint density at radius 2 is 1.72 bits per heavy atom. The van der Waals surface area contributed by atoms with Crippen molar-refractivity contribution < 1.29 is 49.8 Å². The number of aromatic nitrogens is 4. The molecule has 0 bridgehead atoms. The van der Waals surface area contributed by atoms with Gasteiger partial charge >= 0.3 is 17.9 Å². The van der Waals surface area contributed by atoms with Crippen molar-refractivity contribution in [2.24, 2.45) is 5.73 Å². The third kappa shape index (κ3) is 9.17. The SMILES string of the molecule is CSCC[C@H](N)C(=O)O.Nc1ncnc2c1ncn2[C@@H]1O[C@H](CO)[C@@H](O)[C@H]1O.O=C(O)CCC(=O)O. The highest BCUT2D eigenvalue weighted by Crippen LogP contribution is 2.31. The summed E-state index contributed by atoms with van der Waals surface area (Å²) in [6.07, 6.45) is 0.462. The van der Waals surface area contributed by atoms with Crippen LogP contribution in [0.1, 0.15) is 25.5 Å². The standard InChI is InChI=1S/C10H13N5O4.C5H11NO2S.C4H6O4/c11-8-5-9(13-2-12-8)15(3-14-5)10-7(18)6(17)4(1-16)19-10;1-9-3-2-4(6)5(7)8;5-3(6)1-2-4(7)8/h2-4,6-7,10,16-18H,1H2,(H2,11,12,13);4H,2-3,6H2,1H3,(H,7,8);1-2H2,(H,5,6)(H,7,8)/t4-,6-,7-,10-;4-;/m10./s1. The van der Waals surface area contributed by atoms with E-state index in [1.807, 2.05) is 6.26 Å². The molecular weight excluding hydrogens is 504 g/mol. The first-order chi connectivity index (χ1) is 16.9. The Balaban J connectivity index is 0.000000321. The zero-order valence-electron chi connectivity index (χ0n) is 19.2. The molecule has 1 fully saturated rings. The number of aliphatic carboxylic acids is 3. The van der Waals surface area contributed by atoms with Gasteiger partial charge in [-0.05, 0) is 18.4 Å². The molecule has 16 nitrogen and oxygen atoms in total. The van der Waals surface area contributed by atoms with E-state index in [0.29, 0.717) is 17.6 Å². The number of thioether (sulfide) groups is 1. The smallest absolute Gasteiger partial charge is 0.320 e. The largest absolute Gasteiger partial charge is 0.481 e. The van der Waals surface area contributed by atoms with Crippen LogP contribution in [0.15, 0.2) is 12.7 Å². The fourth-order valence-corrected chi connectivity index (χ4v) is 3.24. The summed E-state index contributed by atoms with van der Waals surface area (Å²) in [5, 5.41) is 52.8. The highest BCUT2D eigenvalue weighted by molar-refractivity contribution is 7.98. The van der Waals surface area contributed by atoms with Gasteiger partial charge in [0.15, 0.2) is 17.7 Å². The highest BCUT2D eigenvalue weighted by atomic mass is 32.2. The van der Waals surface area contributed by atoms with Crippen LogP contribution in [0.5, 0.6) is 0 Å². The molecule has 36 heavy (non-hydrogen) atoms. The fourth-order valence-electron chi connectivity index (χ4n) is 2.75. The van der Waals surface area contributed by atoms with Gasteiger partial charge in [-0.25, -0.2) is 15.0 Å². The topological polar surface area (TPSA) is 277 Å². The summed E-state index contributed by atoms with van der Waals surface area (Å²) in [4.78, 5) is 41.2. The van der Waals surface area contributed by atoms with E-state index in [4.69, 9.17) is 36.6 Å². The lowest BCUT2D eigenvalue weighted by molar-refractivity contribution is -0.143. The van der Waals surface area contributed by atoms with Gasteiger partial charge in [0.25, 0.3) is 0 Å². The number of rotatable bonds is 9. The zero-order chi connectivity index (χ0) is 27.4. The number of ether oxygens (including phenoxy) is 1. The van der Waals surface area contributed by atoms with Crippen LogP contribution in [0.3, 0.4) is 0 Å². The minimum Gasteiger partial charge on any atom is -0.481 e. The molecule has 0 saturated carbocycles. The molecule has 202 valence electrons.